The second kappa shape index (κ2) is 4.20. The van der Waals surface area contributed by atoms with Gasteiger partial charge in [0.25, 0.3) is 0 Å². The molecule has 0 fully saturated rings. The summed E-state index contributed by atoms with van der Waals surface area (Å²) in [5.41, 5.74) is 1.43. The molecule has 0 aliphatic heterocycles. The first-order chi connectivity index (χ1) is 7.58. The second-order valence-electron chi connectivity index (χ2n) is 3.25. The number of nitrogens with zero attached hydrogens (tertiary/aromatic N) is 3. The smallest absolute Gasteiger partial charge is 0.339 e. The SMILES string of the molecule is Cc1cc(-n2cc(I)cn2)c(C(=O)O)cn1. The van der Waals surface area contributed by atoms with E-state index in [1.807, 2.05) is 6.92 Å². The van der Waals surface area contributed by atoms with Crippen molar-refractivity contribution in [3.8, 4) is 5.69 Å². The molecule has 0 aromatic carbocycles. The fraction of sp³-hybridized carbons (Fsp3) is 0.100. The van der Waals surface area contributed by atoms with Crippen LogP contribution in [-0.2, 0) is 0 Å². The summed E-state index contributed by atoms with van der Waals surface area (Å²) in [7, 11) is 0. The molecule has 1 N–H and O–H groups in total. The summed E-state index contributed by atoms with van der Waals surface area (Å²) in [4.78, 5) is 15.0. The highest BCUT2D eigenvalue weighted by atomic mass is 127. The van der Waals surface area contributed by atoms with Gasteiger partial charge in [-0.15, -0.1) is 0 Å². The predicted octanol–water partition coefficient (Wildman–Crippen LogP) is 1.88. The van der Waals surface area contributed by atoms with Crippen LogP contribution >= 0.6 is 22.6 Å². The molecule has 0 aliphatic carbocycles. The van der Waals surface area contributed by atoms with Crippen LogP contribution in [0.25, 0.3) is 5.69 Å². The molecule has 16 heavy (non-hydrogen) atoms. The molecule has 0 radical (unpaired) electrons. The lowest BCUT2D eigenvalue weighted by molar-refractivity contribution is 0.0696. The molecule has 0 amide bonds. The van der Waals surface area contributed by atoms with Crippen molar-refractivity contribution in [1.82, 2.24) is 14.8 Å². The summed E-state index contributed by atoms with van der Waals surface area (Å²) < 4.78 is 2.49. The first-order valence-corrected chi connectivity index (χ1v) is 5.56. The zero-order chi connectivity index (χ0) is 11.7. The molecule has 2 aromatic heterocycles. The molecule has 2 aromatic rings. The third-order valence-corrected chi connectivity index (χ3v) is 2.60. The van der Waals surface area contributed by atoms with Crippen molar-refractivity contribution < 1.29 is 9.90 Å². The molecule has 0 atom stereocenters. The molecule has 6 heteroatoms. The Hall–Kier alpha value is -1.44. The van der Waals surface area contributed by atoms with Gasteiger partial charge in [-0.3, -0.25) is 4.98 Å². The number of pyridine rings is 1. The molecule has 82 valence electrons. The van der Waals surface area contributed by atoms with E-state index in [1.54, 1.807) is 23.1 Å². The van der Waals surface area contributed by atoms with Crippen molar-refractivity contribution in [2.75, 3.05) is 0 Å². The summed E-state index contributed by atoms with van der Waals surface area (Å²) >= 11 is 2.12. The van der Waals surface area contributed by atoms with Gasteiger partial charge in [-0.25, -0.2) is 9.48 Å². The largest absolute Gasteiger partial charge is 0.478 e. The van der Waals surface area contributed by atoms with Crippen LogP contribution in [0.3, 0.4) is 0 Å². The Balaban J connectivity index is 2.62. The van der Waals surface area contributed by atoms with Crippen LogP contribution in [-0.4, -0.2) is 25.8 Å². The number of carboxylic acids is 1. The van der Waals surface area contributed by atoms with E-state index in [0.29, 0.717) is 5.69 Å². The van der Waals surface area contributed by atoms with Gasteiger partial charge in [-0.2, -0.15) is 5.10 Å². The normalized spacial score (nSPS) is 10.4. The van der Waals surface area contributed by atoms with E-state index in [2.05, 4.69) is 32.7 Å². The molecular weight excluding hydrogens is 321 g/mol. The van der Waals surface area contributed by atoms with Crippen molar-refractivity contribution in [3.63, 3.8) is 0 Å². The summed E-state index contributed by atoms with van der Waals surface area (Å²) in [6.07, 6.45) is 4.78. The number of aromatic carboxylic acids is 1. The highest BCUT2D eigenvalue weighted by Crippen LogP contribution is 2.15. The number of hydrogen-bond acceptors (Lipinski definition) is 3. The molecule has 2 heterocycles. The van der Waals surface area contributed by atoms with E-state index in [4.69, 9.17) is 5.11 Å². The average Bonchev–Trinajstić information content (AvgIpc) is 2.64. The summed E-state index contributed by atoms with van der Waals surface area (Å²) in [6, 6.07) is 1.70. The van der Waals surface area contributed by atoms with E-state index in [-0.39, 0.29) is 5.56 Å². The van der Waals surface area contributed by atoms with Gasteiger partial charge in [0.2, 0.25) is 0 Å². The maximum Gasteiger partial charge on any atom is 0.339 e. The predicted molar refractivity (Wildman–Crippen MR) is 65.8 cm³/mol. The molecule has 0 saturated heterocycles. The van der Waals surface area contributed by atoms with Gasteiger partial charge in [0.05, 0.1) is 15.5 Å². The minimum Gasteiger partial charge on any atom is -0.478 e. The van der Waals surface area contributed by atoms with Crippen molar-refractivity contribution in [2.24, 2.45) is 0 Å². The van der Waals surface area contributed by atoms with E-state index < -0.39 is 5.97 Å². The van der Waals surface area contributed by atoms with Crippen LogP contribution in [0.5, 0.6) is 0 Å². The van der Waals surface area contributed by atoms with Crippen LogP contribution in [0, 0.1) is 10.5 Å². The van der Waals surface area contributed by atoms with Crippen LogP contribution in [0.2, 0.25) is 0 Å². The van der Waals surface area contributed by atoms with Gasteiger partial charge in [0.1, 0.15) is 5.56 Å². The number of aromatic nitrogens is 3. The maximum atomic E-state index is 11.0. The first kappa shape index (κ1) is 11.1. The van der Waals surface area contributed by atoms with E-state index in [0.717, 1.165) is 9.26 Å². The summed E-state index contributed by atoms with van der Waals surface area (Å²) in [6.45, 7) is 1.81. The molecule has 0 aliphatic rings. The van der Waals surface area contributed by atoms with E-state index >= 15 is 0 Å². The molecule has 0 unspecified atom stereocenters. The second-order valence-corrected chi connectivity index (χ2v) is 4.50. The third kappa shape index (κ3) is 2.06. The van der Waals surface area contributed by atoms with Crippen LogP contribution in [0.15, 0.2) is 24.7 Å². The summed E-state index contributed by atoms with van der Waals surface area (Å²) in [5.74, 6) is -1.01. The topological polar surface area (TPSA) is 68.0 Å². The van der Waals surface area contributed by atoms with Crippen LogP contribution < -0.4 is 0 Å². The molecule has 0 spiro atoms. The number of rotatable bonds is 2. The molecule has 0 bridgehead atoms. The lowest BCUT2D eigenvalue weighted by atomic mass is 10.2. The number of halogens is 1. The van der Waals surface area contributed by atoms with Gasteiger partial charge in [-0.1, -0.05) is 0 Å². The monoisotopic (exact) mass is 329 g/mol. The van der Waals surface area contributed by atoms with Crippen molar-refractivity contribution >= 4 is 28.6 Å². The minimum atomic E-state index is -1.01. The van der Waals surface area contributed by atoms with Crippen molar-refractivity contribution in [3.05, 3.63) is 39.5 Å². The Morgan fingerprint density at radius 1 is 1.50 bits per heavy atom. The number of carboxylic acid groups (broad SMARTS) is 1. The lowest BCUT2D eigenvalue weighted by Gasteiger charge is -2.06. The zero-order valence-electron chi connectivity index (χ0n) is 8.38. The highest BCUT2D eigenvalue weighted by molar-refractivity contribution is 14.1. The lowest BCUT2D eigenvalue weighted by Crippen LogP contribution is -2.07. The van der Waals surface area contributed by atoms with Gasteiger partial charge < -0.3 is 5.11 Å². The third-order valence-electron chi connectivity index (χ3n) is 2.05. The molecule has 5 nitrogen and oxygen atoms in total. The van der Waals surface area contributed by atoms with Crippen molar-refractivity contribution in [1.29, 1.82) is 0 Å². The van der Waals surface area contributed by atoms with Gasteiger partial charge >= 0.3 is 5.97 Å². The Kier molecular flexibility index (Phi) is 2.90. The van der Waals surface area contributed by atoms with Crippen molar-refractivity contribution in [2.45, 2.75) is 6.92 Å². The number of hydrogen-bond donors (Lipinski definition) is 1. The zero-order valence-corrected chi connectivity index (χ0v) is 10.5. The molecular formula is C10H8IN3O2. The quantitative estimate of drug-likeness (QED) is 0.855. The van der Waals surface area contributed by atoms with Crippen LogP contribution in [0.1, 0.15) is 16.1 Å². The summed E-state index contributed by atoms with van der Waals surface area (Å²) in [5, 5.41) is 13.1. The Bertz CT molecular complexity index is 551. The fourth-order valence-electron chi connectivity index (χ4n) is 1.33. The highest BCUT2D eigenvalue weighted by Gasteiger charge is 2.13. The standard InChI is InChI=1S/C10H8IN3O2/c1-6-2-9(8(4-12-6)10(15)16)14-5-7(11)3-13-14/h2-5H,1H3,(H,15,16). The van der Waals surface area contributed by atoms with Gasteiger partial charge in [0.15, 0.2) is 0 Å². The Morgan fingerprint density at radius 2 is 2.25 bits per heavy atom. The minimum absolute atomic E-state index is 0.144. The Morgan fingerprint density at radius 3 is 2.81 bits per heavy atom. The van der Waals surface area contributed by atoms with Gasteiger partial charge in [-0.05, 0) is 35.6 Å². The average molecular weight is 329 g/mol. The van der Waals surface area contributed by atoms with Crippen LogP contribution in [0.4, 0.5) is 0 Å². The first-order valence-electron chi connectivity index (χ1n) is 4.48. The Labute approximate surface area is 105 Å². The van der Waals surface area contributed by atoms with Gasteiger partial charge in [0, 0.05) is 18.1 Å². The fourth-order valence-corrected chi connectivity index (χ4v) is 1.72. The maximum absolute atomic E-state index is 11.0. The number of carbonyl (C=O) groups is 1. The molecule has 0 saturated carbocycles. The molecule has 2 rings (SSSR count). The number of aryl methyl sites for hydroxylation is 1. The van der Waals surface area contributed by atoms with E-state index in [1.165, 1.54) is 6.20 Å². The van der Waals surface area contributed by atoms with E-state index in [9.17, 15) is 4.79 Å².